The Balaban J connectivity index is 2.10. The Morgan fingerprint density at radius 2 is 2.20 bits per heavy atom. The van der Waals surface area contributed by atoms with Crippen LogP contribution in [0, 0.1) is 0 Å². The Hall–Kier alpha value is -0.0800. The third kappa shape index (κ3) is 2.27. The summed E-state index contributed by atoms with van der Waals surface area (Å²) >= 11 is 0. The second kappa shape index (κ2) is 3.35. The zero-order chi connectivity index (χ0) is 7.56. The van der Waals surface area contributed by atoms with Crippen LogP contribution in [0.1, 0.15) is 19.8 Å². The van der Waals surface area contributed by atoms with E-state index in [1.807, 2.05) is 7.05 Å². The molecule has 0 aromatic carbocycles. The van der Waals surface area contributed by atoms with Gasteiger partial charge in [-0.15, -0.1) is 0 Å². The lowest BCUT2D eigenvalue weighted by Gasteiger charge is -2.19. The molecular formula is C8H18N2. The van der Waals surface area contributed by atoms with Gasteiger partial charge in [0.2, 0.25) is 0 Å². The van der Waals surface area contributed by atoms with E-state index in [-0.39, 0.29) is 0 Å². The van der Waals surface area contributed by atoms with Crippen molar-refractivity contribution >= 4 is 0 Å². The van der Waals surface area contributed by atoms with Crippen molar-refractivity contribution in [2.45, 2.75) is 31.8 Å². The highest BCUT2D eigenvalue weighted by Gasteiger charge is 2.26. The first-order valence-corrected chi connectivity index (χ1v) is 4.11. The predicted molar refractivity (Wildman–Crippen MR) is 44.2 cm³/mol. The van der Waals surface area contributed by atoms with Crippen LogP contribution >= 0.6 is 0 Å². The van der Waals surface area contributed by atoms with Crippen LogP contribution in [0.25, 0.3) is 0 Å². The molecule has 0 aromatic rings. The van der Waals surface area contributed by atoms with Crippen molar-refractivity contribution in [3.05, 3.63) is 0 Å². The van der Waals surface area contributed by atoms with Gasteiger partial charge in [0.1, 0.15) is 0 Å². The van der Waals surface area contributed by atoms with E-state index in [0.29, 0.717) is 6.04 Å². The topological polar surface area (TPSA) is 15.3 Å². The molecule has 0 amide bonds. The molecule has 0 spiro atoms. The molecule has 60 valence electrons. The number of likely N-dealkylation sites (N-methyl/N-ethyl adjacent to an activating group) is 2. The second-order valence-electron chi connectivity index (χ2n) is 3.36. The molecule has 1 saturated carbocycles. The summed E-state index contributed by atoms with van der Waals surface area (Å²) in [6.07, 6.45) is 2.82. The normalized spacial score (nSPS) is 21.6. The Kier molecular flexibility index (Phi) is 2.69. The monoisotopic (exact) mass is 142 g/mol. The molecule has 0 bridgehead atoms. The standard InChI is InChI=1S/C8H18N2/c1-7(9-2)6-10(3)8-4-5-8/h7-9H,4-6H2,1-3H3/t7-/m0/s1. The summed E-state index contributed by atoms with van der Waals surface area (Å²) < 4.78 is 0. The molecule has 1 aliphatic carbocycles. The minimum absolute atomic E-state index is 0.630. The maximum atomic E-state index is 3.24. The zero-order valence-corrected chi connectivity index (χ0v) is 7.22. The minimum atomic E-state index is 0.630. The van der Waals surface area contributed by atoms with Gasteiger partial charge in [0, 0.05) is 18.6 Å². The van der Waals surface area contributed by atoms with E-state index >= 15 is 0 Å². The molecule has 0 saturated heterocycles. The van der Waals surface area contributed by atoms with Gasteiger partial charge in [-0.05, 0) is 33.9 Å². The lowest BCUT2D eigenvalue weighted by molar-refractivity contribution is 0.293. The molecular weight excluding hydrogens is 124 g/mol. The zero-order valence-electron chi connectivity index (χ0n) is 7.22. The highest BCUT2D eigenvalue weighted by molar-refractivity contribution is 4.83. The molecule has 1 N–H and O–H groups in total. The lowest BCUT2D eigenvalue weighted by atomic mass is 10.3. The van der Waals surface area contributed by atoms with Crippen molar-refractivity contribution < 1.29 is 0 Å². The molecule has 1 aliphatic rings. The van der Waals surface area contributed by atoms with Crippen LogP contribution in [-0.4, -0.2) is 37.6 Å². The molecule has 10 heavy (non-hydrogen) atoms. The number of nitrogens with one attached hydrogen (secondary N) is 1. The van der Waals surface area contributed by atoms with Gasteiger partial charge in [0.25, 0.3) is 0 Å². The molecule has 1 rings (SSSR count). The minimum Gasteiger partial charge on any atom is -0.316 e. The largest absolute Gasteiger partial charge is 0.316 e. The molecule has 0 unspecified atom stereocenters. The average Bonchev–Trinajstić information content (AvgIpc) is 2.68. The highest BCUT2D eigenvalue weighted by atomic mass is 15.2. The Labute approximate surface area is 63.6 Å². The number of rotatable bonds is 4. The van der Waals surface area contributed by atoms with E-state index in [1.165, 1.54) is 19.4 Å². The Morgan fingerprint density at radius 3 is 2.60 bits per heavy atom. The van der Waals surface area contributed by atoms with Gasteiger partial charge in [-0.2, -0.15) is 0 Å². The maximum Gasteiger partial charge on any atom is 0.0163 e. The van der Waals surface area contributed by atoms with Crippen molar-refractivity contribution in [2.24, 2.45) is 0 Å². The Bertz CT molecular complexity index is 99.4. The van der Waals surface area contributed by atoms with Crippen LogP contribution in [0.4, 0.5) is 0 Å². The van der Waals surface area contributed by atoms with E-state index < -0.39 is 0 Å². The Morgan fingerprint density at radius 1 is 1.60 bits per heavy atom. The smallest absolute Gasteiger partial charge is 0.0163 e. The molecule has 0 radical (unpaired) electrons. The van der Waals surface area contributed by atoms with Crippen LogP contribution in [0.3, 0.4) is 0 Å². The van der Waals surface area contributed by atoms with Crippen LogP contribution < -0.4 is 5.32 Å². The molecule has 0 aromatic heterocycles. The average molecular weight is 142 g/mol. The molecule has 0 heterocycles. The van der Waals surface area contributed by atoms with E-state index in [9.17, 15) is 0 Å². The van der Waals surface area contributed by atoms with Crippen LogP contribution in [0.15, 0.2) is 0 Å². The fraction of sp³-hybridized carbons (Fsp3) is 1.00. The first-order valence-electron chi connectivity index (χ1n) is 4.11. The van der Waals surface area contributed by atoms with Crippen molar-refractivity contribution in [1.82, 2.24) is 10.2 Å². The van der Waals surface area contributed by atoms with Crippen LogP contribution in [0.2, 0.25) is 0 Å². The third-order valence-electron chi connectivity index (χ3n) is 2.22. The molecule has 0 aliphatic heterocycles. The number of nitrogens with zero attached hydrogens (tertiary/aromatic N) is 1. The number of hydrogen-bond donors (Lipinski definition) is 1. The second-order valence-corrected chi connectivity index (χ2v) is 3.36. The quantitative estimate of drug-likeness (QED) is 0.621. The first-order chi connectivity index (χ1) is 4.74. The lowest BCUT2D eigenvalue weighted by Crippen LogP contribution is -2.36. The first kappa shape index (κ1) is 8.02. The maximum absolute atomic E-state index is 3.24. The van der Waals surface area contributed by atoms with E-state index in [1.54, 1.807) is 0 Å². The summed E-state index contributed by atoms with van der Waals surface area (Å²) in [5, 5.41) is 3.24. The van der Waals surface area contributed by atoms with Crippen molar-refractivity contribution in [3.63, 3.8) is 0 Å². The van der Waals surface area contributed by atoms with Gasteiger partial charge in [-0.25, -0.2) is 0 Å². The summed E-state index contributed by atoms with van der Waals surface area (Å²) in [6, 6.07) is 1.53. The summed E-state index contributed by atoms with van der Waals surface area (Å²) in [5.41, 5.74) is 0. The summed E-state index contributed by atoms with van der Waals surface area (Å²) in [4.78, 5) is 2.45. The van der Waals surface area contributed by atoms with Gasteiger partial charge in [-0.1, -0.05) is 0 Å². The molecule has 2 nitrogen and oxygen atoms in total. The summed E-state index contributed by atoms with van der Waals surface area (Å²) in [6.45, 7) is 3.40. The van der Waals surface area contributed by atoms with Gasteiger partial charge in [0.15, 0.2) is 0 Å². The molecule has 2 heteroatoms. The van der Waals surface area contributed by atoms with Crippen molar-refractivity contribution in [1.29, 1.82) is 0 Å². The highest BCUT2D eigenvalue weighted by Crippen LogP contribution is 2.24. The van der Waals surface area contributed by atoms with E-state index in [2.05, 4.69) is 24.2 Å². The van der Waals surface area contributed by atoms with E-state index in [4.69, 9.17) is 0 Å². The van der Waals surface area contributed by atoms with Crippen LogP contribution in [-0.2, 0) is 0 Å². The molecule has 1 fully saturated rings. The van der Waals surface area contributed by atoms with Crippen LogP contribution in [0.5, 0.6) is 0 Å². The van der Waals surface area contributed by atoms with Gasteiger partial charge < -0.3 is 10.2 Å². The van der Waals surface area contributed by atoms with Crippen molar-refractivity contribution in [2.75, 3.05) is 20.6 Å². The van der Waals surface area contributed by atoms with E-state index in [0.717, 1.165) is 6.04 Å². The summed E-state index contributed by atoms with van der Waals surface area (Å²) in [7, 11) is 4.23. The summed E-state index contributed by atoms with van der Waals surface area (Å²) in [5.74, 6) is 0. The fourth-order valence-corrected chi connectivity index (χ4v) is 1.19. The number of hydrogen-bond acceptors (Lipinski definition) is 2. The third-order valence-corrected chi connectivity index (χ3v) is 2.22. The van der Waals surface area contributed by atoms with Gasteiger partial charge >= 0.3 is 0 Å². The SMILES string of the molecule is CN[C@@H](C)CN(C)C1CC1. The predicted octanol–water partition coefficient (Wildman–Crippen LogP) is 0.688. The molecule has 1 atom stereocenters. The van der Waals surface area contributed by atoms with Gasteiger partial charge in [0.05, 0.1) is 0 Å². The fourth-order valence-electron chi connectivity index (χ4n) is 1.19. The van der Waals surface area contributed by atoms with Crippen molar-refractivity contribution in [3.8, 4) is 0 Å². The van der Waals surface area contributed by atoms with Gasteiger partial charge in [-0.3, -0.25) is 0 Å².